The molecule has 1 fully saturated rings. The van der Waals surface area contributed by atoms with Crippen molar-refractivity contribution in [2.45, 2.75) is 31.9 Å². The number of benzene rings is 2. The molecule has 0 saturated carbocycles. The van der Waals surface area contributed by atoms with Crippen LogP contribution in [0.4, 0.5) is 24.5 Å². The smallest absolute Gasteiger partial charge is 0.342 e. The van der Waals surface area contributed by atoms with E-state index in [4.69, 9.17) is 10.00 Å². The van der Waals surface area contributed by atoms with Crippen LogP contribution in [0.3, 0.4) is 0 Å². The van der Waals surface area contributed by atoms with Gasteiger partial charge in [0.2, 0.25) is 5.91 Å². The number of halogens is 3. The fourth-order valence-electron chi connectivity index (χ4n) is 3.11. The molecule has 3 N–H and O–H groups in total. The van der Waals surface area contributed by atoms with Crippen molar-refractivity contribution in [3.05, 3.63) is 59.2 Å². The quantitative estimate of drug-likeness (QED) is 0.686. The summed E-state index contributed by atoms with van der Waals surface area (Å²) in [5.74, 6) is -0.834. The van der Waals surface area contributed by atoms with Gasteiger partial charge in [-0.3, -0.25) is 14.9 Å². The maximum absolute atomic E-state index is 13.1. The lowest BCUT2D eigenvalue weighted by Gasteiger charge is -2.23. The van der Waals surface area contributed by atoms with Crippen LogP contribution in [0.2, 0.25) is 0 Å². The Morgan fingerprint density at radius 2 is 1.81 bits per heavy atom. The number of anilines is 2. The minimum absolute atomic E-state index is 0.0933. The molecule has 1 aliphatic heterocycles. The van der Waals surface area contributed by atoms with E-state index < -0.39 is 35.0 Å². The molecule has 10 heteroatoms. The standard InChI is InChI=1S/C21H19F3N4O3/c1-12(29)27-15-6-3-13(4-7-15)18-26-11-20(2,31-18)19(30)28-16-8-5-14(10-25)17(9-16)21(22,23)24/h3-9,18,26H,11H2,1-2H3,(H,27,29)(H,28,30). The van der Waals surface area contributed by atoms with Gasteiger partial charge >= 0.3 is 6.18 Å². The van der Waals surface area contributed by atoms with Crippen LogP contribution in [0.1, 0.15) is 36.8 Å². The van der Waals surface area contributed by atoms with Crippen molar-refractivity contribution in [1.82, 2.24) is 5.32 Å². The van der Waals surface area contributed by atoms with Crippen molar-refractivity contribution in [3.8, 4) is 6.07 Å². The number of alkyl halides is 3. The number of ether oxygens (including phenoxy) is 1. The zero-order valence-corrected chi connectivity index (χ0v) is 16.6. The molecule has 2 unspecified atom stereocenters. The average molecular weight is 432 g/mol. The van der Waals surface area contributed by atoms with E-state index in [1.807, 2.05) is 0 Å². The number of hydrogen-bond donors (Lipinski definition) is 3. The second kappa shape index (κ2) is 8.37. The van der Waals surface area contributed by atoms with Crippen LogP contribution in [0, 0.1) is 11.3 Å². The van der Waals surface area contributed by atoms with Crippen LogP contribution in [0.15, 0.2) is 42.5 Å². The minimum atomic E-state index is -4.73. The molecule has 0 bridgehead atoms. The van der Waals surface area contributed by atoms with E-state index in [9.17, 15) is 22.8 Å². The van der Waals surface area contributed by atoms with Crippen molar-refractivity contribution in [2.24, 2.45) is 0 Å². The Labute approximate surface area is 176 Å². The van der Waals surface area contributed by atoms with Crippen LogP contribution < -0.4 is 16.0 Å². The van der Waals surface area contributed by atoms with E-state index in [0.29, 0.717) is 11.3 Å². The third-order valence-corrected chi connectivity index (χ3v) is 4.72. The Kier molecular flexibility index (Phi) is 6.01. The number of carbonyl (C=O) groups is 2. The lowest BCUT2D eigenvalue weighted by Crippen LogP contribution is -2.43. The lowest BCUT2D eigenvalue weighted by atomic mass is 10.0. The summed E-state index contributed by atoms with van der Waals surface area (Å²) in [5, 5.41) is 17.0. The van der Waals surface area contributed by atoms with Gasteiger partial charge in [-0.25, -0.2) is 0 Å². The second-order valence-electron chi connectivity index (χ2n) is 7.24. The summed E-state index contributed by atoms with van der Waals surface area (Å²) in [6.07, 6.45) is -5.34. The highest BCUT2D eigenvalue weighted by atomic mass is 19.4. The predicted molar refractivity (Wildman–Crippen MR) is 106 cm³/mol. The molecule has 1 aliphatic rings. The highest BCUT2D eigenvalue weighted by Crippen LogP contribution is 2.34. The number of nitrogens with one attached hydrogen (secondary N) is 3. The Balaban J connectivity index is 1.72. The summed E-state index contributed by atoms with van der Waals surface area (Å²) in [6.45, 7) is 3.04. The highest BCUT2D eigenvalue weighted by molar-refractivity contribution is 5.97. The van der Waals surface area contributed by atoms with Crippen LogP contribution >= 0.6 is 0 Å². The number of amides is 2. The van der Waals surface area contributed by atoms with Crippen molar-refractivity contribution in [1.29, 1.82) is 5.26 Å². The third-order valence-electron chi connectivity index (χ3n) is 4.72. The zero-order chi connectivity index (χ0) is 22.8. The Hall–Kier alpha value is -3.42. The molecular formula is C21H19F3N4O3. The zero-order valence-electron chi connectivity index (χ0n) is 16.6. The van der Waals surface area contributed by atoms with E-state index in [1.165, 1.54) is 26.0 Å². The van der Waals surface area contributed by atoms with E-state index in [1.54, 1.807) is 24.3 Å². The monoisotopic (exact) mass is 432 g/mol. The van der Waals surface area contributed by atoms with Gasteiger partial charge < -0.3 is 15.4 Å². The molecule has 2 amide bonds. The van der Waals surface area contributed by atoms with Crippen LogP contribution in [-0.2, 0) is 20.5 Å². The van der Waals surface area contributed by atoms with E-state index in [-0.39, 0.29) is 18.1 Å². The van der Waals surface area contributed by atoms with Crippen molar-refractivity contribution in [3.63, 3.8) is 0 Å². The average Bonchev–Trinajstić information content (AvgIpc) is 3.11. The second-order valence-corrected chi connectivity index (χ2v) is 7.24. The van der Waals surface area contributed by atoms with Gasteiger partial charge in [0.25, 0.3) is 5.91 Å². The molecular weight excluding hydrogens is 413 g/mol. The first-order valence-electron chi connectivity index (χ1n) is 9.23. The number of nitriles is 1. The molecule has 0 aliphatic carbocycles. The summed E-state index contributed by atoms with van der Waals surface area (Å²) in [5.41, 5.74) is -1.77. The van der Waals surface area contributed by atoms with Crippen LogP contribution in [0.25, 0.3) is 0 Å². The van der Waals surface area contributed by atoms with Gasteiger partial charge in [-0.05, 0) is 42.8 Å². The van der Waals surface area contributed by atoms with Gasteiger partial charge in [0.1, 0.15) is 6.23 Å². The molecule has 2 aromatic carbocycles. The molecule has 3 rings (SSSR count). The minimum Gasteiger partial charge on any atom is -0.342 e. The van der Waals surface area contributed by atoms with Crippen LogP contribution in [-0.4, -0.2) is 24.0 Å². The molecule has 31 heavy (non-hydrogen) atoms. The van der Waals surface area contributed by atoms with Crippen molar-refractivity contribution < 1.29 is 27.5 Å². The highest BCUT2D eigenvalue weighted by Gasteiger charge is 2.43. The van der Waals surface area contributed by atoms with Gasteiger partial charge in [0.05, 0.1) is 17.2 Å². The summed E-state index contributed by atoms with van der Waals surface area (Å²) in [7, 11) is 0. The normalized spacial score (nSPS) is 20.7. The van der Waals surface area contributed by atoms with Crippen molar-refractivity contribution >= 4 is 23.2 Å². The van der Waals surface area contributed by atoms with E-state index in [0.717, 1.165) is 12.1 Å². The Bertz CT molecular complexity index is 1050. The molecule has 1 saturated heterocycles. The third kappa shape index (κ3) is 5.02. The summed E-state index contributed by atoms with van der Waals surface area (Å²) in [4.78, 5) is 23.8. The number of carbonyl (C=O) groups excluding carboxylic acids is 2. The molecule has 1 heterocycles. The maximum Gasteiger partial charge on any atom is 0.417 e. The first kappa shape index (κ1) is 22.3. The van der Waals surface area contributed by atoms with Gasteiger partial charge in [-0.1, -0.05) is 12.1 Å². The Morgan fingerprint density at radius 1 is 1.16 bits per heavy atom. The molecule has 0 radical (unpaired) electrons. The SMILES string of the molecule is CC(=O)Nc1ccc(C2NCC(C)(C(=O)Nc3ccc(C#N)c(C(F)(F)F)c3)O2)cc1. The van der Waals surface area contributed by atoms with Gasteiger partial charge in [0, 0.05) is 24.8 Å². The fourth-order valence-corrected chi connectivity index (χ4v) is 3.11. The van der Waals surface area contributed by atoms with Crippen LogP contribution in [0.5, 0.6) is 0 Å². The summed E-state index contributed by atoms with van der Waals surface area (Å²) < 4.78 is 45.3. The summed E-state index contributed by atoms with van der Waals surface area (Å²) >= 11 is 0. The first-order valence-corrected chi connectivity index (χ1v) is 9.23. The molecule has 0 aromatic heterocycles. The van der Waals surface area contributed by atoms with Gasteiger partial charge in [0.15, 0.2) is 5.60 Å². The molecule has 7 nitrogen and oxygen atoms in total. The van der Waals surface area contributed by atoms with E-state index in [2.05, 4.69) is 16.0 Å². The molecule has 162 valence electrons. The lowest BCUT2D eigenvalue weighted by molar-refractivity contribution is -0.138. The molecule has 2 aromatic rings. The van der Waals surface area contributed by atoms with Gasteiger partial charge in [-0.15, -0.1) is 0 Å². The number of rotatable bonds is 4. The van der Waals surface area contributed by atoms with Gasteiger partial charge in [-0.2, -0.15) is 18.4 Å². The van der Waals surface area contributed by atoms with E-state index >= 15 is 0 Å². The topological polar surface area (TPSA) is 103 Å². The van der Waals surface area contributed by atoms with Crippen molar-refractivity contribution in [2.75, 3.05) is 17.2 Å². The Morgan fingerprint density at radius 3 is 2.39 bits per heavy atom. The predicted octanol–water partition coefficient (Wildman–Crippen LogP) is 3.55. The largest absolute Gasteiger partial charge is 0.417 e. The molecule has 0 spiro atoms. The summed E-state index contributed by atoms with van der Waals surface area (Å²) in [6, 6.07) is 11.3. The number of hydrogen-bond acceptors (Lipinski definition) is 5. The molecule has 2 atom stereocenters. The maximum atomic E-state index is 13.1. The first-order chi connectivity index (χ1) is 14.5. The fraction of sp³-hybridized carbons (Fsp3) is 0.286. The number of nitrogens with zero attached hydrogens (tertiary/aromatic N) is 1.